The van der Waals surface area contributed by atoms with Crippen molar-refractivity contribution in [2.45, 2.75) is 45.6 Å². The van der Waals surface area contributed by atoms with Gasteiger partial charge in [0.2, 0.25) is 0 Å². The molecule has 4 rings (SSSR count). The highest BCUT2D eigenvalue weighted by Crippen LogP contribution is 2.34. The maximum Gasteiger partial charge on any atom is 0.264 e. The van der Waals surface area contributed by atoms with Crippen LogP contribution in [0.25, 0.3) is 11.1 Å². The highest BCUT2D eigenvalue weighted by molar-refractivity contribution is 5.95. The number of ether oxygens (including phenoxy) is 2. The summed E-state index contributed by atoms with van der Waals surface area (Å²) >= 11 is 0. The summed E-state index contributed by atoms with van der Waals surface area (Å²) < 4.78 is 11.7. The number of carbonyl (C=O) groups excluding carboxylic acids is 1. The molecule has 184 valence electrons. The zero-order valence-corrected chi connectivity index (χ0v) is 20.7. The zero-order chi connectivity index (χ0) is 24.3. The van der Waals surface area contributed by atoms with Crippen LogP contribution >= 0.6 is 0 Å². The molecule has 1 amide bonds. The highest BCUT2D eigenvalue weighted by Gasteiger charge is 2.21. The van der Waals surface area contributed by atoms with Gasteiger partial charge in [-0.15, -0.1) is 0 Å². The third-order valence-electron chi connectivity index (χ3n) is 6.33. The number of nitrogens with zero attached hydrogens (tertiary/aromatic N) is 1. The van der Waals surface area contributed by atoms with E-state index in [0.29, 0.717) is 25.4 Å². The van der Waals surface area contributed by atoms with Crippen LogP contribution in [0.4, 0.5) is 5.69 Å². The van der Waals surface area contributed by atoms with Gasteiger partial charge in [-0.1, -0.05) is 61.7 Å². The fraction of sp³-hybridized carbons (Fsp3) is 0.367. The van der Waals surface area contributed by atoms with Crippen LogP contribution in [-0.2, 0) is 11.3 Å². The first-order valence-electron chi connectivity index (χ1n) is 12.8. The molecule has 0 aliphatic carbocycles. The average Bonchev–Trinajstić information content (AvgIpc) is 2.89. The predicted octanol–water partition coefficient (Wildman–Crippen LogP) is 6.22. The summed E-state index contributed by atoms with van der Waals surface area (Å²) in [4.78, 5) is 15.3. The lowest BCUT2D eigenvalue weighted by atomic mass is 9.99. The van der Waals surface area contributed by atoms with Crippen molar-refractivity contribution in [2.75, 3.05) is 31.2 Å². The molecule has 0 saturated carbocycles. The summed E-state index contributed by atoms with van der Waals surface area (Å²) in [5, 5.41) is 3.59. The molecule has 1 N–H and O–H groups in total. The van der Waals surface area contributed by atoms with Crippen molar-refractivity contribution >= 4 is 11.6 Å². The van der Waals surface area contributed by atoms with Crippen molar-refractivity contribution < 1.29 is 14.3 Å². The minimum absolute atomic E-state index is 0.0189. The summed E-state index contributed by atoms with van der Waals surface area (Å²) in [5.74, 6) is 1.56. The summed E-state index contributed by atoms with van der Waals surface area (Å²) in [5.41, 5.74) is 4.22. The van der Waals surface area contributed by atoms with Gasteiger partial charge < -0.3 is 19.7 Å². The van der Waals surface area contributed by atoms with Crippen molar-refractivity contribution in [3.63, 3.8) is 0 Å². The van der Waals surface area contributed by atoms with Gasteiger partial charge in [0.15, 0.2) is 6.61 Å². The number of hydrogen-bond acceptors (Lipinski definition) is 4. The van der Waals surface area contributed by atoms with E-state index < -0.39 is 0 Å². The molecule has 5 nitrogen and oxygen atoms in total. The summed E-state index contributed by atoms with van der Waals surface area (Å²) in [6.45, 7) is 5.02. The number of rotatable bonds is 6. The summed E-state index contributed by atoms with van der Waals surface area (Å²) in [7, 11) is 0. The van der Waals surface area contributed by atoms with Gasteiger partial charge >= 0.3 is 0 Å². The number of amides is 1. The first-order chi connectivity index (χ1) is 17.3. The number of anilines is 1. The van der Waals surface area contributed by atoms with E-state index in [1.165, 1.54) is 19.3 Å². The van der Waals surface area contributed by atoms with Crippen LogP contribution in [0.5, 0.6) is 11.5 Å². The molecule has 3 aromatic rings. The normalized spacial score (nSPS) is 14.8. The molecule has 0 unspecified atom stereocenters. The Morgan fingerprint density at radius 1 is 0.886 bits per heavy atom. The summed E-state index contributed by atoms with van der Waals surface area (Å²) in [6.07, 6.45) is 5.70. The molecule has 1 aliphatic rings. The second kappa shape index (κ2) is 13.0. The second-order valence-corrected chi connectivity index (χ2v) is 8.86. The molecule has 0 spiro atoms. The van der Waals surface area contributed by atoms with Gasteiger partial charge in [-0.2, -0.15) is 0 Å². The first-order valence-corrected chi connectivity index (χ1v) is 12.8. The van der Waals surface area contributed by atoms with Gasteiger partial charge in [-0.25, -0.2) is 0 Å². The van der Waals surface area contributed by atoms with Crippen LogP contribution in [-0.4, -0.2) is 32.2 Å². The standard InChI is InChI=1S/C30H36N2O3/c1-2-34-29-16-10-9-15-27(29)24-17-18-28-25(21-24)22-31-19-11-4-3-5-12-20-32(28)30(33)23-35-26-13-7-6-8-14-26/h6-10,13-18,21,31H,2-5,11-12,19-20,22-23H2,1H3. The molecule has 5 heteroatoms. The first kappa shape index (κ1) is 24.8. The average molecular weight is 473 g/mol. The maximum absolute atomic E-state index is 13.4. The van der Waals surface area contributed by atoms with E-state index in [0.717, 1.165) is 47.5 Å². The van der Waals surface area contributed by atoms with Crippen molar-refractivity contribution in [3.8, 4) is 22.6 Å². The predicted molar refractivity (Wildman–Crippen MR) is 142 cm³/mol. The maximum atomic E-state index is 13.4. The Morgan fingerprint density at radius 3 is 2.51 bits per heavy atom. The van der Waals surface area contributed by atoms with Crippen LogP contribution in [0.3, 0.4) is 0 Å². The number of fused-ring (bicyclic) bond motifs is 1. The fourth-order valence-electron chi connectivity index (χ4n) is 4.54. The van der Waals surface area contributed by atoms with Crippen molar-refractivity contribution in [2.24, 2.45) is 0 Å². The van der Waals surface area contributed by atoms with Crippen molar-refractivity contribution in [3.05, 3.63) is 78.4 Å². The second-order valence-electron chi connectivity index (χ2n) is 8.86. The van der Waals surface area contributed by atoms with Crippen molar-refractivity contribution in [1.82, 2.24) is 5.32 Å². The highest BCUT2D eigenvalue weighted by atomic mass is 16.5. The monoisotopic (exact) mass is 472 g/mol. The van der Waals surface area contributed by atoms with Crippen LogP contribution < -0.4 is 19.7 Å². The third kappa shape index (κ3) is 6.86. The molecule has 0 radical (unpaired) electrons. The van der Waals surface area contributed by atoms with Crippen LogP contribution in [0.15, 0.2) is 72.8 Å². The number of para-hydroxylation sites is 2. The number of benzene rings is 3. The molecule has 0 saturated heterocycles. The third-order valence-corrected chi connectivity index (χ3v) is 6.33. The molecular formula is C30H36N2O3. The van der Waals surface area contributed by atoms with E-state index in [2.05, 4.69) is 29.6 Å². The van der Waals surface area contributed by atoms with Crippen LogP contribution in [0.1, 0.15) is 44.6 Å². The van der Waals surface area contributed by atoms with Gasteiger partial charge in [0.1, 0.15) is 11.5 Å². The zero-order valence-electron chi connectivity index (χ0n) is 20.7. The van der Waals surface area contributed by atoms with E-state index in [1.54, 1.807) is 0 Å². The summed E-state index contributed by atoms with van der Waals surface area (Å²) in [6, 6.07) is 24.0. The largest absolute Gasteiger partial charge is 0.493 e. The fourth-order valence-corrected chi connectivity index (χ4v) is 4.54. The molecule has 3 aromatic carbocycles. The Bertz CT molecular complexity index is 1080. The number of carbonyl (C=O) groups is 1. The van der Waals surface area contributed by atoms with Crippen molar-refractivity contribution in [1.29, 1.82) is 0 Å². The Hall–Kier alpha value is -3.31. The molecule has 35 heavy (non-hydrogen) atoms. The Labute approximate surface area is 209 Å². The van der Waals surface area contributed by atoms with Gasteiger partial charge in [-0.05, 0) is 67.8 Å². The van der Waals surface area contributed by atoms with E-state index in [9.17, 15) is 4.79 Å². The van der Waals surface area contributed by atoms with Gasteiger partial charge in [0, 0.05) is 24.3 Å². The lowest BCUT2D eigenvalue weighted by Gasteiger charge is -2.27. The van der Waals surface area contributed by atoms with Crippen LogP contribution in [0, 0.1) is 0 Å². The Morgan fingerprint density at radius 2 is 1.66 bits per heavy atom. The lowest BCUT2D eigenvalue weighted by Crippen LogP contribution is -2.37. The number of nitrogens with one attached hydrogen (secondary N) is 1. The number of hydrogen-bond donors (Lipinski definition) is 1. The molecule has 1 heterocycles. The van der Waals surface area contributed by atoms with E-state index in [4.69, 9.17) is 9.47 Å². The minimum atomic E-state index is -0.0189. The van der Waals surface area contributed by atoms with Crippen LogP contribution in [0.2, 0.25) is 0 Å². The minimum Gasteiger partial charge on any atom is -0.493 e. The van der Waals surface area contributed by atoms with Gasteiger partial charge in [0.05, 0.1) is 6.61 Å². The van der Waals surface area contributed by atoms with E-state index >= 15 is 0 Å². The smallest absolute Gasteiger partial charge is 0.264 e. The van der Waals surface area contributed by atoms with E-state index in [1.807, 2.05) is 60.4 Å². The molecule has 1 aliphatic heterocycles. The molecule has 0 bridgehead atoms. The quantitative estimate of drug-likeness (QED) is 0.463. The van der Waals surface area contributed by atoms with E-state index in [-0.39, 0.29) is 12.5 Å². The Kier molecular flexibility index (Phi) is 9.18. The molecule has 0 fully saturated rings. The Balaban J connectivity index is 1.64. The van der Waals surface area contributed by atoms with Gasteiger partial charge in [-0.3, -0.25) is 4.79 Å². The molecule has 0 aromatic heterocycles. The molecule has 0 atom stereocenters. The topological polar surface area (TPSA) is 50.8 Å². The van der Waals surface area contributed by atoms with Gasteiger partial charge in [0.25, 0.3) is 5.91 Å². The lowest BCUT2D eigenvalue weighted by molar-refractivity contribution is -0.120. The molecular weight excluding hydrogens is 436 g/mol. The SMILES string of the molecule is CCOc1ccccc1-c1ccc2c(c1)CNCCCCCCCN2C(=O)COc1ccccc1.